The zero-order chi connectivity index (χ0) is 27.6. The quantitative estimate of drug-likeness (QED) is 0.213. The molecule has 1 heterocycles. The van der Waals surface area contributed by atoms with Crippen molar-refractivity contribution in [3.8, 4) is 5.75 Å². The van der Waals surface area contributed by atoms with Gasteiger partial charge in [0.2, 0.25) is 11.8 Å². The summed E-state index contributed by atoms with van der Waals surface area (Å²) in [6, 6.07) is 7.14. The first-order valence-corrected chi connectivity index (χ1v) is 14.0. The number of benzene rings is 1. The highest BCUT2D eigenvalue weighted by molar-refractivity contribution is 5.77. The Morgan fingerprint density at radius 3 is 2.55 bits per heavy atom. The molecule has 0 aliphatic heterocycles. The predicted molar refractivity (Wildman–Crippen MR) is 149 cm³/mol. The van der Waals surface area contributed by atoms with Crippen LogP contribution in [0, 0.1) is 11.7 Å². The maximum atomic E-state index is 14.2. The Morgan fingerprint density at radius 2 is 1.79 bits per heavy atom. The minimum Gasteiger partial charge on any atom is -0.493 e. The molecule has 0 spiro atoms. The molecule has 2 amide bonds. The average Bonchev–Trinajstić information content (AvgIpc) is 2.89. The monoisotopic (exact) mass is 528 g/mol. The summed E-state index contributed by atoms with van der Waals surface area (Å²) in [6.45, 7) is 6.97. The van der Waals surface area contributed by atoms with E-state index >= 15 is 0 Å². The molecule has 0 saturated heterocycles. The van der Waals surface area contributed by atoms with Crippen LogP contribution in [0.4, 0.5) is 4.39 Å². The van der Waals surface area contributed by atoms with Crippen molar-refractivity contribution in [1.82, 2.24) is 15.6 Å². The van der Waals surface area contributed by atoms with E-state index in [1.807, 2.05) is 18.5 Å². The summed E-state index contributed by atoms with van der Waals surface area (Å²) < 4.78 is 20.2. The van der Waals surface area contributed by atoms with Crippen LogP contribution >= 0.6 is 0 Å². The molecule has 1 aromatic carbocycles. The molecule has 2 rings (SSSR count). The molecule has 0 radical (unpaired) electrons. The zero-order valence-electron chi connectivity index (χ0n) is 23.1. The molecule has 2 aromatic rings. The van der Waals surface area contributed by atoms with E-state index in [9.17, 15) is 14.0 Å². The van der Waals surface area contributed by atoms with Gasteiger partial charge in [0.25, 0.3) is 0 Å². The molecule has 1 aromatic heterocycles. The van der Waals surface area contributed by atoms with Crippen molar-refractivity contribution in [2.45, 2.75) is 84.6 Å². The number of amides is 2. The van der Waals surface area contributed by atoms with Gasteiger partial charge in [0.05, 0.1) is 6.61 Å². The fraction of sp³-hybridized carbons (Fsp3) is 0.567. The van der Waals surface area contributed by atoms with Crippen LogP contribution in [0.25, 0.3) is 0 Å². The number of rotatable bonds is 20. The molecule has 38 heavy (non-hydrogen) atoms. The van der Waals surface area contributed by atoms with Crippen molar-refractivity contribution in [3.05, 3.63) is 59.2 Å². The third kappa shape index (κ3) is 13.5. The number of nitrogens with zero attached hydrogens (tertiary/aromatic N) is 1. The van der Waals surface area contributed by atoms with Gasteiger partial charge in [0, 0.05) is 44.4 Å². The summed E-state index contributed by atoms with van der Waals surface area (Å²) in [5.74, 6) is 0.0666. The number of hydrogen-bond acceptors (Lipinski definition) is 5. The maximum absolute atomic E-state index is 14.2. The Labute approximate surface area is 227 Å². The van der Waals surface area contributed by atoms with E-state index < -0.39 is 5.91 Å². The highest BCUT2D eigenvalue weighted by atomic mass is 19.1. The zero-order valence-corrected chi connectivity index (χ0v) is 23.1. The van der Waals surface area contributed by atoms with E-state index in [1.165, 1.54) is 17.2 Å². The highest BCUT2D eigenvalue weighted by Gasteiger charge is 2.11. The van der Waals surface area contributed by atoms with Crippen LogP contribution in [0.5, 0.6) is 5.75 Å². The van der Waals surface area contributed by atoms with E-state index in [0.717, 1.165) is 63.6 Å². The Hall–Kier alpha value is -3.00. The van der Waals surface area contributed by atoms with Gasteiger partial charge in [0.1, 0.15) is 11.6 Å². The Bertz CT molecular complexity index is 986. The third-order valence-corrected chi connectivity index (χ3v) is 6.47. The number of nitrogens with two attached hydrogens (primary N) is 1. The minimum absolute atomic E-state index is 0.0740. The maximum Gasteiger partial charge on any atom is 0.220 e. The van der Waals surface area contributed by atoms with E-state index in [2.05, 4.69) is 35.5 Å². The van der Waals surface area contributed by atoms with E-state index in [1.54, 1.807) is 6.07 Å². The third-order valence-electron chi connectivity index (χ3n) is 6.47. The summed E-state index contributed by atoms with van der Waals surface area (Å²) in [4.78, 5) is 27.0. The van der Waals surface area contributed by atoms with Gasteiger partial charge < -0.3 is 21.1 Å². The molecule has 0 saturated carbocycles. The first-order chi connectivity index (χ1) is 18.4. The molecule has 0 aliphatic carbocycles. The minimum atomic E-state index is -0.391. The Morgan fingerprint density at radius 1 is 0.974 bits per heavy atom. The summed E-state index contributed by atoms with van der Waals surface area (Å²) >= 11 is 0. The van der Waals surface area contributed by atoms with Crippen molar-refractivity contribution in [2.75, 3.05) is 19.7 Å². The number of pyridine rings is 1. The van der Waals surface area contributed by atoms with Gasteiger partial charge in [-0.3, -0.25) is 14.6 Å². The standard InChI is InChI=1S/C30H45FN4O3/c1-3-8-24(12-14-35-30(37)11-7-10-29(32)36)22-38-28-17-25(16-27(31)18-28)9-5-6-13-33-20-26-15-23(4-2)19-34-21-26/h15-19,21,24,33H,3-14,20,22H2,1-2H3,(H2,32,36)(H,35,37). The number of aryl methyl sites for hydroxylation is 2. The smallest absolute Gasteiger partial charge is 0.220 e. The van der Waals surface area contributed by atoms with Crippen LogP contribution in [0.15, 0.2) is 36.7 Å². The number of aromatic nitrogens is 1. The Balaban J connectivity index is 1.70. The lowest BCUT2D eigenvalue weighted by Crippen LogP contribution is -2.27. The fourth-order valence-electron chi connectivity index (χ4n) is 4.35. The number of carbonyl (C=O) groups excluding carboxylic acids is 2. The lowest BCUT2D eigenvalue weighted by Gasteiger charge is -2.18. The lowest BCUT2D eigenvalue weighted by atomic mass is 10.0. The largest absolute Gasteiger partial charge is 0.493 e. The van der Waals surface area contributed by atoms with Crippen molar-refractivity contribution in [2.24, 2.45) is 11.7 Å². The number of hydrogen-bond donors (Lipinski definition) is 3. The number of carbonyl (C=O) groups is 2. The lowest BCUT2D eigenvalue weighted by molar-refractivity contribution is -0.121. The number of unbranched alkanes of at least 4 members (excludes halogenated alkanes) is 1. The first-order valence-electron chi connectivity index (χ1n) is 14.0. The molecule has 0 fully saturated rings. The van der Waals surface area contributed by atoms with Gasteiger partial charge >= 0.3 is 0 Å². The topological polar surface area (TPSA) is 106 Å². The molecule has 1 unspecified atom stereocenters. The van der Waals surface area contributed by atoms with Crippen LogP contribution in [-0.4, -0.2) is 36.5 Å². The molecule has 1 atom stereocenters. The molecule has 7 nitrogen and oxygen atoms in total. The molecular weight excluding hydrogens is 483 g/mol. The van der Waals surface area contributed by atoms with Gasteiger partial charge in [-0.05, 0) is 86.2 Å². The Kier molecular flexibility index (Phi) is 15.0. The van der Waals surface area contributed by atoms with Crippen LogP contribution in [0.1, 0.15) is 81.9 Å². The predicted octanol–water partition coefficient (Wildman–Crippen LogP) is 4.85. The molecule has 0 aliphatic rings. The molecular formula is C30H45FN4O3. The van der Waals surface area contributed by atoms with Gasteiger partial charge in [-0.1, -0.05) is 26.3 Å². The number of halogens is 1. The average molecular weight is 529 g/mol. The van der Waals surface area contributed by atoms with Crippen LogP contribution < -0.4 is 21.1 Å². The van der Waals surface area contributed by atoms with Crippen LogP contribution in [0.2, 0.25) is 0 Å². The van der Waals surface area contributed by atoms with Gasteiger partial charge in [-0.2, -0.15) is 0 Å². The van der Waals surface area contributed by atoms with Crippen molar-refractivity contribution in [1.29, 1.82) is 0 Å². The van der Waals surface area contributed by atoms with Crippen LogP contribution in [-0.2, 0) is 29.0 Å². The second-order valence-corrected chi connectivity index (χ2v) is 9.91. The van der Waals surface area contributed by atoms with Gasteiger partial charge in [-0.15, -0.1) is 0 Å². The second kappa shape index (κ2) is 18.3. The van der Waals surface area contributed by atoms with Gasteiger partial charge in [-0.25, -0.2) is 4.39 Å². The number of nitrogens with one attached hydrogen (secondary N) is 2. The van der Waals surface area contributed by atoms with E-state index in [-0.39, 0.29) is 24.1 Å². The van der Waals surface area contributed by atoms with Crippen molar-refractivity contribution >= 4 is 11.8 Å². The van der Waals surface area contributed by atoms with Crippen molar-refractivity contribution in [3.63, 3.8) is 0 Å². The second-order valence-electron chi connectivity index (χ2n) is 9.91. The normalized spacial score (nSPS) is 11.8. The SMILES string of the molecule is CCCC(CCNC(=O)CCCC(N)=O)COc1cc(F)cc(CCCCNCc2cncc(CC)c2)c1. The fourth-order valence-corrected chi connectivity index (χ4v) is 4.35. The van der Waals surface area contributed by atoms with E-state index in [0.29, 0.717) is 31.7 Å². The highest BCUT2D eigenvalue weighted by Crippen LogP contribution is 2.20. The molecule has 210 valence electrons. The molecule has 4 N–H and O–H groups in total. The number of primary amides is 1. The first kappa shape index (κ1) is 31.2. The summed E-state index contributed by atoms with van der Waals surface area (Å²) in [7, 11) is 0. The molecule has 0 bridgehead atoms. The van der Waals surface area contributed by atoms with Crippen LogP contribution in [0.3, 0.4) is 0 Å². The van der Waals surface area contributed by atoms with E-state index in [4.69, 9.17) is 10.5 Å². The van der Waals surface area contributed by atoms with Gasteiger partial charge in [0.15, 0.2) is 0 Å². The molecule has 8 heteroatoms. The summed E-state index contributed by atoms with van der Waals surface area (Å²) in [5, 5.41) is 6.36. The summed E-state index contributed by atoms with van der Waals surface area (Å²) in [5.41, 5.74) is 8.49. The summed E-state index contributed by atoms with van der Waals surface area (Å²) in [6.07, 6.45) is 11.3. The number of ether oxygens (including phenoxy) is 1. The van der Waals surface area contributed by atoms with Crippen molar-refractivity contribution < 1.29 is 18.7 Å².